The number of halogens is 4. The van der Waals surface area contributed by atoms with Gasteiger partial charge < -0.3 is 9.47 Å². The fraction of sp³-hybridized carbons (Fsp3) is 0.333. The molecule has 0 amide bonds. The monoisotopic (exact) mass is 313 g/mol. The summed E-state index contributed by atoms with van der Waals surface area (Å²) in [7, 11) is 1.18. The van der Waals surface area contributed by atoms with Crippen molar-refractivity contribution in [3.8, 4) is 11.5 Å². The van der Waals surface area contributed by atoms with Crippen molar-refractivity contribution in [2.45, 2.75) is 11.7 Å². The zero-order valence-electron chi connectivity index (χ0n) is 8.55. The number of hydrogen-bond acceptors (Lipinski definition) is 4. The molecule has 1 rings (SSSR count). The van der Waals surface area contributed by atoms with Crippen LogP contribution in [0, 0.1) is 0 Å². The summed E-state index contributed by atoms with van der Waals surface area (Å²) in [5, 5.41) is -0.0172. The van der Waals surface area contributed by atoms with Crippen LogP contribution in [0.4, 0.5) is 13.2 Å². The number of rotatable bonds is 4. The third-order valence-electron chi connectivity index (χ3n) is 1.81. The lowest BCUT2D eigenvalue weighted by molar-refractivity contribution is -0.275. The zero-order valence-corrected chi connectivity index (χ0v) is 10.1. The molecule has 0 aromatic carbocycles. The van der Waals surface area contributed by atoms with Crippen molar-refractivity contribution in [3.63, 3.8) is 0 Å². The summed E-state index contributed by atoms with van der Waals surface area (Å²) in [6.07, 6.45) is -3.53. The molecule has 0 saturated heterocycles. The predicted octanol–water partition coefficient (Wildman–Crippen LogP) is 2.70. The molecule has 17 heavy (non-hydrogen) atoms. The van der Waals surface area contributed by atoms with Crippen LogP contribution in [0.15, 0.2) is 6.20 Å². The molecule has 0 fully saturated rings. The number of nitrogens with zero attached hydrogens (tertiary/aromatic N) is 1. The molecule has 0 atom stereocenters. The number of carbonyl (C=O) groups excluding carboxylic acids is 1. The number of methoxy groups -OCH3 is 1. The van der Waals surface area contributed by atoms with Crippen LogP contribution < -0.4 is 9.47 Å². The Kier molecular flexibility index (Phi) is 4.33. The van der Waals surface area contributed by atoms with E-state index in [1.54, 1.807) is 0 Å². The Morgan fingerprint density at radius 3 is 2.59 bits per heavy atom. The first-order valence-corrected chi connectivity index (χ1v) is 5.37. The summed E-state index contributed by atoms with van der Waals surface area (Å²) in [5.74, 6) is -0.753. The minimum atomic E-state index is -4.87. The van der Waals surface area contributed by atoms with Crippen LogP contribution in [0.1, 0.15) is 16.1 Å². The summed E-state index contributed by atoms with van der Waals surface area (Å²) in [5.41, 5.74) is -0.154. The van der Waals surface area contributed by atoms with Gasteiger partial charge in [-0.2, -0.15) is 0 Å². The second-order valence-electron chi connectivity index (χ2n) is 2.82. The standard InChI is InChI=1S/C9H7BrF3NO3/c1-16-7-3-14-6(4-15)5(2-10)8(7)17-9(11,12)13/h3-4H,2H2,1H3. The summed E-state index contributed by atoms with van der Waals surface area (Å²) in [6.45, 7) is 0. The second-order valence-corrected chi connectivity index (χ2v) is 3.38. The molecule has 1 heterocycles. The quantitative estimate of drug-likeness (QED) is 0.633. The Hall–Kier alpha value is -1.31. The van der Waals surface area contributed by atoms with Gasteiger partial charge in [0.05, 0.1) is 13.3 Å². The number of alkyl halides is 4. The zero-order chi connectivity index (χ0) is 13.1. The smallest absolute Gasteiger partial charge is 0.491 e. The van der Waals surface area contributed by atoms with Crippen LogP contribution in [-0.4, -0.2) is 24.7 Å². The highest BCUT2D eigenvalue weighted by molar-refractivity contribution is 9.08. The molecule has 94 valence electrons. The Morgan fingerprint density at radius 2 is 2.18 bits per heavy atom. The van der Waals surface area contributed by atoms with E-state index in [1.807, 2.05) is 0 Å². The highest BCUT2D eigenvalue weighted by atomic mass is 79.9. The lowest BCUT2D eigenvalue weighted by Crippen LogP contribution is -2.19. The number of pyridine rings is 1. The summed E-state index contributed by atoms with van der Waals surface area (Å²) < 4.78 is 45.2. The van der Waals surface area contributed by atoms with Gasteiger partial charge >= 0.3 is 6.36 Å². The minimum absolute atomic E-state index is 0.0170. The molecule has 0 aliphatic rings. The van der Waals surface area contributed by atoms with E-state index in [1.165, 1.54) is 7.11 Å². The third-order valence-corrected chi connectivity index (χ3v) is 2.37. The number of ether oxygens (including phenoxy) is 2. The van der Waals surface area contributed by atoms with E-state index < -0.39 is 12.1 Å². The van der Waals surface area contributed by atoms with Crippen molar-refractivity contribution in [1.29, 1.82) is 0 Å². The summed E-state index contributed by atoms with van der Waals surface area (Å²) >= 11 is 2.97. The Labute approximate surface area is 103 Å². The molecule has 1 aromatic heterocycles. The summed E-state index contributed by atoms with van der Waals surface area (Å²) in [6, 6.07) is 0. The van der Waals surface area contributed by atoms with Gasteiger partial charge in [-0.15, -0.1) is 13.2 Å². The Morgan fingerprint density at radius 1 is 1.53 bits per heavy atom. The third kappa shape index (κ3) is 3.32. The van der Waals surface area contributed by atoms with Crippen LogP contribution in [0.2, 0.25) is 0 Å². The average Bonchev–Trinajstić information content (AvgIpc) is 2.26. The molecule has 0 unspecified atom stereocenters. The molecular formula is C9H7BrF3NO3. The van der Waals surface area contributed by atoms with Crippen LogP contribution in [0.25, 0.3) is 0 Å². The molecule has 0 bridgehead atoms. The molecular weight excluding hydrogens is 307 g/mol. The Bertz CT molecular complexity index is 423. The van der Waals surface area contributed by atoms with Crippen LogP contribution >= 0.6 is 15.9 Å². The largest absolute Gasteiger partial charge is 0.573 e. The van der Waals surface area contributed by atoms with E-state index in [4.69, 9.17) is 4.74 Å². The maximum Gasteiger partial charge on any atom is 0.573 e. The van der Waals surface area contributed by atoms with Crippen molar-refractivity contribution < 1.29 is 27.4 Å². The van der Waals surface area contributed by atoms with E-state index in [9.17, 15) is 18.0 Å². The highest BCUT2D eigenvalue weighted by Gasteiger charge is 2.34. The van der Waals surface area contributed by atoms with E-state index in [0.717, 1.165) is 6.20 Å². The van der Waals surface area contributed by atoms with Crippen molar-refractivity contribution in [3.05, 3.63) is 17.5 Å². The van der Waals surface area contributed by atoms with Crippen molar-refractivity contribution in [2.75, 3.05) is 7.11 Å². The second kappa shape index (κ2) is 5.35. The van der Waals surface area contributed by atoms with Gasteiger partial charge in [-0.1, -0.05) is 15.9 Å². The van der Waals surface area contributed by atoms with Crippen LogP contribution in [0.3, 0.4) is 0 Å². The first kappa shape index (κ1) is 13.8. The minimum Gasteiger partial charge on any atom is -0.491 e. The lowest BCUT2D eigenvalue weighted by Gasteiger charge is -2.15. The van der Waals surface area contributed by atoms with Crippen molar-refractivity contribution >= 4 is 22.2 Å². The van der Waals surface area contributed by atoms with Crippen LogP contribution in [0.5, 0.6) is 11.5 Å². The maximum absolute atomic E-state index is 12.2. The first-order chi connectivity index (χ1) is 7.92. The lowest BCUT2D eigenvalue weighted by atomic mass is 10.2. The number of aldehydes is 1. The fourth-order valence-electron chi connectivity index (χ4n) is 1.13. The predicted molar refractivity (Wildman–Crippen MR) is 55.5 cm³/mol. The molecule has 0 aliphatic carbocycles. The molecule has 0 N–H and O–H groups in total. The molecule has 0 saturated carbocycles. The topological polar surface area (TPSA) is 48.4 Å². The van der Waals surface area contributed by atoms with Crippen molar-refractivity contribution in [2.24, 2.45) is 0 Å². The molecule has 0 spiro atoms. The average molecular weight is 314 g/mol. The van der Waals surface area contributed by atoms with E-state index >= 15 is 0 Å². The molecule has 1 aromatic rings. The molecule has 0 aliphatic heterocycles. The van der Waals surface area contributed by atoms with E-state index in [0.29, 0.717) is 6.29 Å². The Balaban J connectivity index is 3.34. The fourth-order valence-corrected chi connectivity index (χ4v) is 1.68. The van der Waals surface area contributed by atoms with Gasteiger partial charge in [-0.3, -0.25) is 4.79 Å². The van der Waals surface area contributed by atoms with E-state index in [2.05, 4.69) is 25.7 Å². The van der Waals surface area contributed by atoms with Crippen LogP contribution in [-0.2, 0) is 5.33 Å². The van der Waals surface area contributed by atoms with Gasteiger partial charge in [0.1, 0.15) is 5.69 Å². The van der Waals surface area contributed by atoms with E-state index in [-0.39, 0.29) is 22.3 Å². The van der Waals surface area contributed by atoms with Crippen molar-refractivity contribution in [1.82, 2.24) is 4.98 Å². The first-order valence-electron chi connectivity index (χ1n) is 4.25. The molecule has 4 nitrogen and oxygen atoms in total. The molecule has 8 heteroatoms. The normalized spacial score (nSPS) is 11.1. The van der Waals surface area contributed by atoms with Gasteiger partial charge in [-0.25, -0.2) is 4.98 Å². The maximum atomic E-state index is 12.2. The number of hydrogen-bond donors (Lipinski definition) is 0. The highest BCUT2D eigenvalue weighted by Crippen LogP contribution is 2.37. The van der Waals surface area contributed by atoms with Gasteiger partial charge in [0, 0.05) is 10.9 Å². The number of aromatic nitrogens is 1. The summed E-state index contributed by atoms with van der Waals surface area (Å²) in [4.78, 5) is 14.3. The number of carbonyl (C=O) groups is 1. The van der Waals surface area contributed by atoms with Gasteiger partial charge in [0.2, 0.25) is 0 Å². The van der Waals surface area contributed by atoms with Gasteiger partial charge in [0.15, 0.2) is 17.8 Å². The SMILES string of the molecule is COc1cnc(C=O)c(CBr)c1OC(F)(F)F. The van der Waals surface area contributed by atoms with Gasteiger partial charge in [-0.05, 0) is 0 Å². The molecule has 0 radical (unpaired) electrons. The van der Waals surface area contributed by atoms with Gasteiger partial charge in [0.25, 0.3) is 0 Å².